The van der Waals surface area contributed by atoms with Gasteiger partial charge in [-0.1, -0.05) is 12.1 Å². The second kappa shape index (κ2) is 6.41. The van der Waals surface area contributed by atoms with E-state index in [2.05, 4.69) is 15.3 Å². The third-order valence-electron chi connectivity index (χ3n) is 3.48. The van der Waals surface area contributed by atoms with E-state index in [-0.39, 0.29) is 11.4 Å². The third kappa shape index (κ3) is 2.91. The van der Waals surface area contributed by atoms with Gasteiger partial charge in [0.05, 0.1) is 30.8 Å². The molecule has 122 valence electrons. The Bertz CT molecular complexity index is 965. The van der Waals surface area contributed by atoms with E-state index in [9.17, 15) is 9.59 Å². The lowest BCUT2D eigenvalue weighted by molar-refractivity contribution is 0.101. The molecule has 3 rings (SSSR count). The number of fused-ring (bicyclic) bond motifs is 1. The summed E-state index contributed by atoms with van der Waals surface area (Å²) in [6.45, 7) is 0. The zero-order chi connectivity index (χ0) is 17.1. The molecule has 0 atom stereocenters. The van der Waals surface area contributed by atoms with Crippen LogP contribution in [0.2, 0.25) is 0 Å². The van der Waals surface area contributed by atoms with Gasteiger partial charge in [-0.05, 0) is 24.3 Å². The molecule has 0 saturated heterocycles. The summed E-state index contributed by atoms with van der Waals surface area (Å²) < 4.78 is 10.3. The summed E-state index contributed by atoms with van der Waals surface area (Å²) in [5.74, 6) is 0.422. The van der Waals surface area contributed by atoms with Crippen molar-refractivity contribution in [2.24, 2.45) is 0 Å². The molecule has 0 spiro atoms. The van der Waals surface area contributed by atoms with E-state index in [4.69, 9.17) is 9.47 Å². The molecule has 0 fully saturated rings. The van der Waals surface area contributed by atoms with Crippen molar-refractivity contribution in [2.45, 2.75) is 0 Å². The van der Waals surface area contributed by atoms with Gasteiger partial charge < -0.3 is 19.8 Å². The van der Waals surface area contributed by atoms with Crippen LogP contribution in [0.25, 0.3) is 10.9 Å². The molecule has 0 aliphatic carbocycles. The van der Waals surface area contributed by atoms with Gasteiger partial charge in [-0.3, -0.25) is 9.59 Å². The first-order valence-corrected chi connectivity index (χ1v) is 7.15. The summed E-state index contributed by atoms with van der Waals surface area (Å²) in [5, 5.41) is 3.10. The van der Waals surface area contributed by atoms with Gasteiger partial charge in [0.2, 0.25) is 0 Å². The molecule has 2 aromatic carbocycles. The minimum Gasteiger partial charge on any atom is -0.497 e. The molecule has 0 saturated carbocycles. The number of H-pyrrole nitrogens is 1. The van der Waals surface area contributed by atoms with Crippen molar-refractivity contribution >= 4 is 22.5 Å². The summed E-state index contributed by atoms with van der Waals surface area (Å²) >= 11 is 0. The van der Waals surface area contributed by atoms with Gasteiger partial charge in [-0.2, -0.15) is 0 Å². The summed E-state index contributed by atoms with van der Waals surface area (Å²) in [6.07, 6.45) is 0. The molecule has 2 N–H and O–H groups in total. The second-order valence-corrected chi connectivity index (χ2v) is 4.95. The Morgan fingerprint density at radius 1 is 1.12 bits per heavy atom. The van der Waals surface area contributed by atoms with Crippen molar-refractivity contribution in [3.8, 4) is 11.5 Å². The summed E-state index contributed by atoms with van der Waals surface area (Å²) in [7, 11) is 3.03. The van der Waals surface area contributed by atoms with Crippen molar-refractivity contribution in [2.75, 3.05) is 19.5 Å². The maximum Gasteiger partial charge on any atom is 0.291 e. The van der Waals surface area contributed by atoms with Gasteiger partial charge in [0.1, 0.15) is 11.5 Å². The first-order chi connectivity index (χ1) is 11.6. The highest BCUT2D eigenvalue weighted by Crippen LogP contribution is 2.29. The van der Waals surface area contributed by atoms with Gasteiger partial charge in [-0.25, -0.2) is 4.98 Å². The topological polar surface area (TPSA) is 93.3 Å². The molecule has 7 heteroatoms. The predicted octanol–water partition coefficient (Wildman–Crippen LogP) is 2.19. The Balaban J connectivity index is 1.94. The molecule has 0 aliphatic heterocycles. The summed E-state index contributed by atoms with van der Waals surface area (Å²) in [6, 6.07) is 11.8. The number of anilines is 1. The summed E-state index contributed by atoms with van der Waals surface area (Å²) in [5.41, 5.74) is 0.527. The van der Waals surface area contributed by atoms with E-state index in [1.807, 2.05) is 0 Å². The molecule has 1 aromatic heterocycles. The molecule has 0 unspecified atom stereocenters. The van der Waals surface area contributed by atoms with Crippen LogP contribution >= 0.6 is 0 Å². The monoisotopic (exact) mass is 325 g/mol. The number of carbonyl (C=O) groups excluding carboxylic acids is 1. The van der Waals surface area contributed by atoms with E-state index in [1.54, 1.807) is 42.5 Å². The highest BCUT2D eigenvalue weighted by molar-refractivity contribution is 6.03. The number of ether oxygens (including phenoxy) is 2. The third-order valence-corrected chi connectivity index (χ3v) is 3.48. The van der Waals surface area contributed by atoms with Crippen molar-refractivity contribution < 1.29 is 14.3 Å². The predicted molar refractivity (Wildman–Crippen MR) is 89.9 cm³/mol. The van der Waals surface area contributed by atoms with Crippen LogP contribution in [0.5, 0.6) is 11.5 Å². The molecule has 1 heterocycles. The molecule has 24 heavy (non-hydrogen) atoms. The van der Waals surface area contributed by atoms with E-state index in [1.165, 1.54) is 14.2 Å². The zero-order valence-corrected chi connectivity index (χ0v) is 13.1. The standard InChI is InChI=1S/C17H15N3O4/c1-23-10-7-8-13(14(9-10)24-2)19-17(22)15-18-12-6-4-3-5-11(12)16(21)20-15/h3-9H,1-2H3,(H,19,22)(H,18,20,21). The molecule has 1 amide bonds. The lowest BCUT2D eigenvalue weighted by Gasteiger charge is -2.11. The van der Waals surface area contributed by atoms with Crippen LogP contribution in [-0.2, 0) is 0 Å². The number of carbonyl (C=O) groups is 1. The number of benzene rings is 2. The molecule has 0 bridgehead atoms. The Morgan fingerprint density at radius 3 is 2.67 bits per heavy atom. The smallest absolute Gasteiger partial charge is 0.291 e. The average molecular weight is 325 g/mol. The van der Waals surface area contributed by atoms with Crippen LogP contribution < -0.4 is 20.3 Å². The first kappa shape index (κ1) is 15.5. The van der Waals surface area contributed by atoms with Gasteiger partial charge in [0.25, 0.3) is 11.5 Å². The fourth-order valence-corrected chi connectivity index (χ4v) is 2.28. The molecule has 0 aliphatic rings. The van der Waals surface area contributed by atoms with Crippen molar-refractivity contribution in [3.05, 3.63) is 58.6 Å². The average Bonchev–Trinajstić information content (AvgIpc) is 2.62. The Hall–Kier alpha value is -3.35. The minimum absolute atomic E-state index is 0.0726. The molecular formula is C17H15N3O4. The number of aromatic nitrogens is 2. The van der Waals surface area contributed by atoms with Gasteiger partial charge in [0, 0.05) is 6.07 Å². The van der Waals surface area contributed by atoms with Crippen LogP contribution in [0.15, 0.2) is 47.3 Å². The van der Waals surface area contributed by atoms with Crippen molar-refractivity contribution in [3.63, 3.8) is 0 Å². The number of para-hydroxylation sites is 1. The fourth-order valence-electron chi connectivity index (χ4n) is 2.28. The fraction of sp³-hybridized carbons (Fsp3) is 0.118. The quantitative estimate of drug-likeness (QED) is 0.767. The normalized spacial score (nSPS) is 10.4. The number of nitrogens with zero attached hydrogens (tertiary/aromatic N) is 1. The molecule has 3 aromatic rings. The number of aromatic amines is 1. The zero-order valence-electron chi connectivity index (χ0n) is 13.1. The maximum atomic E-state index is 12.4. The highest BCUT2D eigenvalue weighted by Gasteiger charge is 2.14. The Kier molecular flexibility index (Phi) is 4.15. The second-order valence-electron chi connectivity index (χ2n) is 4.95. The SMILES string of the molecule is COc1ccc(NC(=O)c2nc3ccccc3c(=O)[nH]2)c(OC)c1. The Labute approximate surface area is 137 Å². The molecule has 0 radical (unpaired) electrons. The number of methoxy groups -OCH3 is 2. The number of rotatable bonds is 4. The van der Waals surface area contributed by atoms with Crippen LogP contribution in [0.3, 0.4) is 0 Å². The molecular weight excluding hydrogens is 310 g/mol. The van der Waals surface area contributed by atoms with E-state index < -0.39 is 5.91 Å². The maximum absolute atomic E-state index is 12.4. The first-order valence-electron chi connectivity index (χ1n) is 7.15. The largest absolute Gasteiger partial charge is 0.497 e. The highest BCUT2D eigenvalue weighted by atomic mass is 16.5. The van der Waals surface area contributed by atoms with Gasteiger partial charge >= 0.3 is 0 Å². The van der Waals surface area contributed by atoms with Gasteiger partial charge in [-0.15, -0.1) is 0 Å². The lowest BCUT2D eigenvalue weighted by atomic mass is 10.2. The summed E-state index contributed by atoms with van der Waals surface area (Å²) in [4.78, 5) is 31.1. The van der Waals surface area contributed by atoms with E-state index in [0.717, 1.165) is 0 Å². The number of hydrogen-bond donors (Lipinski definition) is 2. The van der Waals surface area contributed by atoms with Crippen LogP contribution in [-0.4, -0.2) is 30.1 Å². The lowest BCUT2D eigenvalue weighted by Crippen LogP contribution is -2.21. The molecule has 7 nitrogen and oxygen atoms in total. The number of nitrogens with one attached hydrogen (secondary N) is 2. The van der Waals surface area contributed by atoms with E-state index >= 15 is 0 Å². The Morgan fingerprint density at radius 2 is 1.92 bits per heavy atom. The number of hydrogen-bond acceptors (Lipinski definition) is 5. The van der Waals surface area contributed by atoms with Gasteiger partial charge in [0.15, 0.2) is 5.82 Å². The van der Waals surface area contributed by atoms with Crippen molar-refractivity contribution in [1.82, 2.24) is 9.97 Å². The van der Waals surface area contributed by atoms with Crippen LogP contribution in [0.1, 0.15) is 10.6 Å². The van der Waals surface area contributed by atoms with Crippen molar-refractivity contribution in [1.29, 1.82) is 0 Å². The minimum atomic E-state index is -0.540. The van der Waals surface area contributed by atoms with Crippen LogP contribution in [0.4, 0.5) is 5.69 Å². The van der Waals surface area contributed by atoms with E-state index in [0.29, 0.717) is 28.1 Å². The van der Waals surface area contributed by atoms with Crippen LogP contribution in [0, 0.1) is 0 Å². The number of amides is 1.